The third-order valence-electron chi connectivity index (χ3n) is 2.90. The monoisotopic (exact) mass is 321 g/mol. The quantitative estimate of drug-likeness (QED) is 0.828. The van der Waals surface area contributed by atoms with E-state index in [9.17, 15) is 0 Å². The summed E-state index contributed by atoms with van der Waals surface area (Å²) in [4.78, 5) is 9.93. The van der Waals surface area contributed by atoms with Crippen LogP contribution in [0.5, 0.6) is 0 Å². The molecule has 3 nitrogen and oxygen atoms in total. The lowest BCUT2D eigenvalue weighted by molar-refractivity contribution is 0.589. The highest BCUT2D eigenvalue weighted by Crippen LogP contribution is 2.29. The van der Waals surface area contributed by atoms with Gasteiger partial charge in [0.15, 0.2) is 5.16 Å². The molecular weight excluding hydrogens is 302 g/mol. The lowest BCUT2D eigenvalue weighted by Gasteiger charge is -2.10. The van der Waals surface area contributed by atoms with E-state index in [0.717, 1.165) is 38.6 Å². The number of halogens is 1. The average molecular weight is 322 g/mol. The van der Waals surface area contributed by atoms with Crippen molar-refractivity contribution in [1.29, 1.82) is 0 Å². The van der Waals surface area contributed by atoms with Gasteiger partial charge in [-0.15, -0.1) is 0 Å². The van der Waals surface area contributed by atoms with Gasteiger partial charge < -0.3 is 5.32 Å². The molecule has 2 rings (SSSR count). The van der Waals surface area contributed by atoms with Crippen molar-refractivity contribution in [2.24, 2.45) is 0 Å². The van der Waals surface area contributed by atoms with Gasteiger partial charge in [0.05, 0.1) is 0 Å². The Hall–Kier alpha value is -1.10. The predicted octanol–water partition coefficient (Wildman–Crippen LogP) is 4.40. The van der Waals surface area contributed by atoms with E-state index in [0.29, 0.717) is 6.04 Å². The van der Waals surface area contributed by atoms with Crippen molar-refractivity contribution < 1.29 is 0 Å². The minimum atomic E-state index is 0.443. The fourth-order valence-corrected chi connectivity index (χ4v) is 3.11. The Morgan fingerprint density at radius 2 is 1.81 bits per heavy atom. The first-order chi connectivity index (χ1) is 9.94. The highest BCUT2D eigenvalue weighted by molar-refractivity contribution is 7.99. The standard InChI is InChI=1S/C16H20ClN3S/c1-10(2)18-9-13-5-6-14(8-15(13)17)21-16-19-11(3)7-12(4)20-16/h5-8,10,18H,9H2,1-4H3. The molecule has 0 radical (unpaired) electrons. The average Bonchev–Trinajstić information content (AvgIpc) is 2.36. The second-order valence-corrected chi connectivity index (χ2v) is 6.77. The van der Waals surface area contributed by atoms with Gasteiger partial charge in [0.1, 0.15) is 0 Å². The van der Waals surface area contributed by atoms with Crippen LogP contribution in [0.4, 0.5) is 0 Å². The van der Waals surface area contributed by atoms with Crippen LogP contribution in [-0.2, 0) is 6.54 Å². The molecule has 5 heteroatoms. The number of hydrogen-bond acceptors (Lipinski definition) is 4. The fourth-order valence-electron chi connectivity index (χ4n) is 1.89. The largest absolute Gasteiger partial charge is 0.310 e. The number of rotatable bonds is 5. The van der Waals surface area contributed by atoms with Crippen molar-refractivity contribution in [3.05, 3.63) is 46.2 Å². The van der Waals surface area contributed by atoms with Gasteiger partial charge in [-0.2, -0.15) is 0 Å². The van der Waals surface area contributed by atoms with Crippen molar-refractivity contribution in [2.45, 2.75) is 50.3 Å². The van der Waals surface area contributed by atoms with E-state index in [-0.39, 0.29) is 0 Å². The van der Waals surface area contributed by atoms with Gasteiger partial charge >= 0.3 is 0 Å². The van der Waals surface area contributed by atoms with Gasteiger partial charge in [0, 0.05) is 33.9 Å². The summed E-state index contributed by atoms with van der Waals surface area (Å²) in [5.41, 5.74) is 3.07. The molecule has 0 amide bonds. The zero-order chi connectivity index (χ0) is 15.4. The molecule has 0 unspecified atom stereocenters. The Morgan fingerprint density at radius 1 is 1.14 bits per heavy atom. The molecule has 0 atom stereocenters. The highest BCUT2D eigenvalue weighted by atomic mass is 35.5. The smallest absolute Gasteiger partial charge is 0.192 e. The number of nitrogens with zero attached hydrogens (tertiary/aromatic N) is 2. The summed E-state index contributed by atoms with van der Waals surface area (Å²) in [7, 11) is 0. The molecule has 0 fully saturated rings. The van der Waals surface area contributed by atoms with Crippen molar-refractivity contribution in [3.8, 4) is 0 Å². The first kappa shape index (κ1) is 16.3. The molecule has 21 heavy (non-hydrogen) atoms. The molecule has 1 aromatic heterocycles. The summed E-state index contributed by atoms with van der Waals surface area (Å²) in [5.74, 6) is 0. The van der Waals surface area contributed by atoms with Gasteiger partial charge in [-0.3, -0.25) is 0 Å². The topological polar surface area (TPSA) is 37.8 Å². The molecule has 0 bridgehead atoms. The molecule has 0 aliphatic rings. The minimum Gasteiger partial charge on any atom is -0.310 e. The molecule has 0 aliphatic heterocycles. The van der Waals surface area contributed by atoms with Crippen LogP contribution in [0.25, 0.3) is 0 Å². The molecule has 1 aromatic carbocycles. The van der Waals surface area contributed by atoms with Crippen molar-refractivity contribution in [1.82, 2.24) is 15.3 Å². The Morgan fingerprint density at radius 3 is 2.38 bits per heavy atom. The van der Waals surface area contributed by atoms with E-state index in [4.69, 9.17) is 11.6 Å². The molecule has 0 saturated heterocycles. The van der Waals surface area contributed by atoms with Crippen LogP contribution in [-0.4, -0.2) is 16.0 Å². The van der Waals surface area contributed by atoms with E-state index < -0.39 is 0 Å². The Kier molecular flexibility index (Phi) is 5.62. The molecule has 1 heterocycles. The molecule has 2 aromatic rings. The number of nitrogens with one attached hydrogen (secondary N) is 1. The van der Waals surface area contributed by atoms with Crippen LogP contribution in [0.2, 0.25) is 5.02 Å². The lowest BCUT2D eigenvalue weighted by Crippen LogP contribution is -2.21. The zero-order valence-electron chi connectivity index (χ0n) is 12.8. The predicted molar refractivity (Wildman–Crippen MR) is 89.1 cm³/mol. The van der Waals surface area contributed by atoms with Crippen LogP contribution in [0.3, 0.4) is 0 Å². The third-order valence-corrected chi connectivity index (χ3v) is 4.10. The number of aryl methyl sites for hydroxylation is 2. The van der Waals surface area contributed by atoms with Crippen LogP contribution >= 0.6 is 23.4 Å². The van der Waals surface area contributed by atoms with Gasteiger partial charge in [-0.25, -0.2) is 9.97 Å². The van der Waals surface area contributed by atoms with Crippen molar-refractivity contribution >= 4 is 23.4 Å². The normalized spacial score (nSPS) is 11.1. The summed E-state index contributed by atoms with van der Waals surface area (Å²) >= 11 is 7.88. The molecule has 0 spiro atoms. The Bertz CT molecular complexity index is 609. The Labute approximate surface area is 135 Å². The third kappa shape index (κ3) is 4.99. The van der Waals surface area contributed by atoms with E-state index in [2.05, 4.69) is 41.3 Å². The van der Waals surface area contributed by atoms with Crippen LogP contribution in [0, 0.1) is 13.8 Å². The summed E-state index contributed by atoms with van der Waals surface area (Å²) in [6.45, 7) is 8.98. The summed E-state index contributed by atoms with van der Waals surface area (Å²) < 4.78 is 0. The first-order valence-corrected chi connectivity index (χ1v) is 8.15. The number of benzene rings is 1. The van der Waals surface area contributed by atoms with Crippen molar-refractivity contribution in [3.63, 3.8) is 0 Å². The van der Waals surface area contributed by atoms with Crippen LogP contribution < -0.4 is 5.32 Å². The Balaban J connectivity index is 2.12. The van der Waals surface area contributed by atoms with Gasteiger partial charge in [-0.05, 0) is 49.4 Å². The minimum absolute atomic E-state index is 0.443. The second kappa shape index (κ2) is 7.25. The number of hydrogen-bond donors (Lipinski definition) is 1. The SMILES string of the molecule is Cc1cc(C)nc(Sc2ccc(CNC(C)C)c(Cl)c2)n1. The summed E-state index contributed by atoms with van der Waals surface area (Å²) in [5, 5.41) is 4.91. The van der Waals surface area contributed by atoms with E-state index in [1.807, 2.05) is 26.0 Å². The molecule has 112 valence electrons. The molecule has 0 saturated carbocycles. The van der Waals surface area contributed by atoms with E-state index in [1.54, 1.807) is 0 Å². The van der Waals surface area contributed by atoms with Crippen molar-refractivity contribution in [2.75, 3.05) is 0 Å². The van der Waals surface area contributed by atoms with Gasteiger partial charge in [0.2, 0.25) is 0 Å². The van der Waals surface area contributed by atoms with Crippen LogP contribution in [0.1, 0.15) is 30.8 Å². The van der Waals surface area contributed by atoms with Gasteiger partial charge in [-0.1, -0.05) is 31.5 Å². The lowest BCUT2D eigenvalue weighted by atomic mass is 10.2. The maximum absolute atomic E-state index is 6.35. The second-order valence-electron chi connectivity index (χ2n) is 5.32. The summed E-state index contributed by atoms with van der Waals surface area (Å²) in [6, 6.07) is 8.51. The highest BCUT2D eigenvalue weighted by Gasteiger charge is 2.06. The molecule has 1 N–H and O–H groups in total. The number of aromatic nitrogens is 2. The van der Waals surface area contributed by atoms with Gasteiger partial charge in [0.25, 0.3) is 0 Å². The molecular formula is C16H20ClN3S. The maximum Gasteiger partial charge on any atom is 0.192 e. The maximum atomic E-state index is 6.35. The van der Waals surface area contributed by atoms with E-state index in [1.165, 1.54) is 11.8 Å². The zero-order valence-corrected chi connectivity index (χ0v) is 14.3. The summed E-state index contributed by atoms with van der Waals surface area (Å²) in [6.07, 6.45) is 0. The molecule has 0 aliphatic carbocycles. The van der Waals surface area contributed by atoms with E-state index >= 15 is 0 Å². The first-order valence-electron chi connectivity index (χ1n) is 6.96. The van der Waals surface area contributed by atoms with Crippen LogP contribution in [0.15, 0.2) is 34.3 Å². The fraction of sp³-hybridized carbons (Fsp3) is 0.375.